The Labute approximate surface area is 107 Å². The number of hydrogen-bond donors (Lipinski definition) is 1. The van der Waals surface area contributed by atoms with Crippen molar-refractivity contribution in [1.82, 2.24) is 4.98 Å². The van der Waals surface area contributed by atoms with Crippen LogP contribution in [0.5, 0.6) is 0 Å². The van der Waals surface area contributed by atoms with Crippen molar-refractivity contribution in [3.05, 3.63) is 58.9 Å². The van der Waals surface area contributed by atoms with Crippen molar-refractivity contribution in [3.63, 3.8) is 0 Å². The topological polar surface area (TPSA) is 48.7 Å². The van der Waals surface area contributed by atoms with Crippen molar-refractivity contribution >= 4 is 5.69 Å². The second-order valence-electron chi connectivity index (χ2n) is 4.28. The second-order valence-corrected chi connectivity index (χ2v) is 4.28. The minimum atomic E-state index is 0.629. The monoisotopic (exact) mass is 237 g/mol. The third kappa shape index (κ3) is 2.67. The first kappa shape index (κ1) is 12.1. The van der Waals surface area contributed by atoms with Gasteiger partial charge >= 0.3 is 0 Å². The van der Waals surface area contributed by atoms with Crippen LogP contribution in [0.1, 0.15) is 22.4 Å². The molecule has 1 N–H and O–H groups in total. The van der Waals surface area contributed by atoms with Gasteiger partial charge in [-0.25, -0.2) is 0 Å². The van der Waals surface area contributed by atoms with Gasteiger partial charge in [-0.2, -0.15) is 5.26 Å². The van der Waals surface area contributed by atoms with Crippen LogP contribution >= 0.6 is 0 Å². The summed E-state index contributed by atoms with van der Waals surface area (Å²) in [6, 6.07) is 12.0. The molecule has 1 aromatic heterocycles. The minimum absolute atomic E-state index is 0.629. The molecule has 3 heteroatoms. The van der Waals surface area contributed by atoms with Crippen molar-refractivity contribution < 1.29 is 0 Å². The minimum Gasteiger partial charge on any atom is -0.378 e. The zero-order valence-corrected chi connectivity index (χ0v) is 10.6. The maximum atomic E-state index is 9.09. The van der Waals surface area contributed by atoms with Crippen molar-refractivity contribution in [2.24, 2.45) is 0 Å². The van der Waals surface area contributed by atoms with Gasteiger partial charge in [0.15, 0.2) is 0 Å². The predicted molar refractivity (Wildman–Crippen MR) is 72.2 cm³/mol. The zero-order chi connectivity index (χ0) is 13.0. The maximum absolute atomic E-state index is 9.09. The number of nitrogens with zero attached hydrogens (tertiary/aromatic N) is 2. The smallest absolute Gasteiger partial charge is 0.101 e. The van der Waals surface area contributed by atoms with Crippen molar-refractivity contribution in [2.75, 3.05) is 5.32 Å². The van der Waals surface area contributed by atoms with Gasteiger partial charge < -0.3 is 5.32 Å². The van der Waals surface area contributed by atoms with E-state index in [0.717, 1.165) is 22.5 Å². The Kier molecular flexibility index (Phi) is 3.59. The molecule has 0 aliphatic rings. The summed E-state index contributed by atoms with van der Waals surface area (Å²) in [5, 5.41) is 12.4. The molecule has 0 fully saturated rings. The van der Waals surface area contributed by atoms with Crippen LogP contribution < -0.4 is 5.32 Å². The molecule has 2 aromatic rings. The van der Waals surface area contributed by atoms with E-state index in [1.807, 2.05) is 44.2 Å². The first-order valence-corrected chi connectivity index (χ1v) is 5.86. The summed E-state index contributed by atoms with van der Waals surface area (Å²) >= 11 is 0. The summed E-state index contributed by atoms with van der Waals surface area (Å²) in [6.45, 7) is 4.64. The number of benzene rings is 1. The molecule has 18 heavy (non-hydrogen) atoms. The molecule has 0 atom stereocenters. The lowest BCUT2D eigenvalue weighted by molar-refractivity contribution is 1.02. The van der Waals surface area contributed by atoms with E-state index in [4.69, 9.17) is 5.26 Å². The lowest BCUT2D eigenvalue weighted by Gasteiger charge is -2.09. The van der Waals surface area contributed by atoms with Gasteiger partial charge in [0.05, 0.1) is 23.5 Å². The third-order valence-corrected chi connectivity index (χ3v) is 2.86. The Balaban J connectivity index is 2.16. The fraction of sp³-hybridized carbons (Fsp3) is 0.200. The van der Waals surface area contributed by atoms with Crippen LogP contribution in [0.15, 0.2) is 36.5 Å². The fourth-order valence-electron chi connectivity index (χ4n) is 1.79. The first-order chi connectivity index (χ1) is 8.70. The average molecular weight is 237 g/mol. The lowest BCUT2D eigenvalue weighted by Crippen LogP contribution is -2.04. The normalized spacial score (nSPS) is 9.83. The number of nitrogens with one attached hydrogen (secondary N) is 1. The Morgan fingerprint density at radius 3 is 2.83 bits per heavy atom. The largest absolute Gasteiger partial charge is 0.378 e. The molecule has 0 spiro atoms. The van der Waals surface area contributed by atoms with Gasteiger partial charge in [0.1, 0.15) is 6.07 Å². The summed E-state index contributed by atoms with van der Waals surface area (Å²) in [5.41, 5.74) is 4.76. The van der Waals surface area contributed by atoms with Crippen LogP contribution in [0.4, 0.5) is 5.69 Å². The molecule has 0 radical (unpaired) electrons. The van der Waals surface area contributed by atoms with Crippen LogP contribution in [0, 0.1) is 25.2 Å². The van der Waals surface area contributed by atoms with Gasteiger partial charge in [-0.1, -0.05) is 12.1 Å². The van der Waals surface area contributed by atoms with Gasteiger partial charge in [0, 0.05) is 6.20 Å². The molecule has 0 saturated carbocycles. The third-order valence-electron chi connectivity index (χ3n) is 2.86. The molecule has 1 aromatic carbocycles. The Bertz CT molecular complexity index is 597. The van der Waals surface area contributed by atoms with E-state index in [9.17, 15) is 0 Å². The van der Waals surface area contributed by atoms with Crippen LogP contribution in [0.25, 0.3) is 0 Å². The van der Waals surface area contributed by atoms with E-state index in [1.165, 1.54) is 0 Å². The number of aryl methyl sites for hydroxylation is 2. The summed E-state index contributed by atoms with van der Waals surface area (Å²) in [7, 11) is 0. The SMILES string of the molecule is Cc1ccc(NCc2ncccc2C)c(C#N)c1. The molecule has 0 aliphatic carbocycles. The maximum Gasteiger partial charge on any atom is 0.101 e. The summed E-state index contributed by atoms with van der Waals surface area (Å²) in [6.07, 6.45) is 1.78. The van der Waals surface area contributed by atoms with E-state index < -0.39 is 0 Å². The van der Waals surface area contributed by atoms with Crippen molar-refractivity contribution in [1.29, 1.82) is 5.26 Å². The van der Waals surface area contributed by atoms with Gasteiger partial charge in [-0.3, -0.25) is 4.98 Å². The number of hydrogen-bond acceptors (Lipinski definition) is 3. The van der Waals surface area contributed by atoms with Gasteiger partial charge in [-0.05, 0) is 43.2 Å². The molecule has 0 aliphatic heterocycles. The fourth-order valence-corrected chi connectivity index (χ4v) is 1.79. The molecule has 3 nitrogen and oxygen atoms in total. The Morgan fingerprint density at radius 2 is 2.11 bits per heavy atom. The molecule has 0 bridgehead atoms. The van der Waals surface area contributed by atoms with Crippen LogP contribution in [0.2, 0.25) is 0 Å². The van der Waals surface area contributed by atoms with Crippen molar-refractivity contribution in [2.45, 2.75) is 20.4 Å². The summed E-state index contributed by atoms with van der Waals surface area (Å²) in [4.78, 5) is 4.32. The number of nitriles is 1. The van der Waals surface area contributed by atoms with Crippen LogP contribution in [-0.4, -0.2) is 4.98 Å². The standard InChI is InChI=1S/C15H15N3/c1-11-5-6-14(13(8-11)9-16)18-10-15-12(2)4-3-7-17-15/h3-8,18H,10H2,1-2H3. The molecule has 2 rings (SSSR count). The molecular formula is C15H15N3. The number of pyridine rings is 1. The Hall–Kier alpha value is -2.34. The highest BCUT2D eigenvalue weighted by atomic mass is 14.9. The summed E-state index contributed by atoms with van der Waals surface area (Å²) in [5.74, 6) is 0. The molecule has 0 saturated heterocycles. The van der Waals surface area contributed by atoms with E-state index in [0.29, 0.717) is 12.1 Å². The van der Waals surface area contributed by atoms with E-state index >= 15 is 0 Å². The van der Waals surface area contributed by atoms with E-state index in [2.05, 4.69) is 16.4 Å². The van der Waals surface area contributed by atoms with Gasteiger partial charge in [0.25, 0.3) is 0 Å². The predicted octanol–water partition coefficient (Wildman–Crippen LogP) is 3.18. The van der Waals surface area contributed by atoms with Crippen molar-refractivity contribution in [3.8, 4) is 6.07 Å². The molecule has 0 unspecified atom stereocenters. The first-order valence-electron chi connectivity index (χ1n) is 5.86. The lowest BCUT2D eigenvalue weighted by atomic mass is 10.1. The van der Waals surface area contributed by atoms with E-state index in [-0.39, 0.29) is 0 Å². The zero-order valence-electron chi connectivity index (χ0n) is 10.6. The highest BCUT2D eigenvalue weighted by Gasteiger charge is 2.03. The number of rotatable bonds is 3. The van der Waals surface area contributed by atoms with Gasteiger partial charge in [-0.15, -0.1) is 0 Å². The van der Waals surface area contributed by atoms with Crippen LogP contribution in [0.3, 0.4) is 0 Å². The highest BCUT2D eigenvalue weighted by Crippen LogP contribution is 2.17. The summed E-state index contributed by atoms with van der Waals surface area (Å²) < 4.78 is 0. The van der Waals surface area contributed by atoms with Gasteiger partial charge in [0.2, 0.25) is 0 Å². The average Bonchev–Trinajstić information content (AvgIpc) is 2.39. The Morgan fingerprint density at radius 1 is 1.28 bits per heavy atom. The quantitative estimate of drug-likeness (QED) is 0.891. The molecular weight excluding hydrogens is 222 g/mol. The molecule has 90 valence electrons. The number of aromatic nitrogens is 1. The highest BCUT2D eigenvalue weighted by molar-refractivity contribution is 5.58. The molecule has 0 amide bonds. The van der Waals surface area contributed by atoms with Crippen LogP contribution in [-0.2, 0) is 6.54 Å². The van der Waals surface area contributed by atoms with E-state index in [1.54, 1.807) is 6.20 Å². The molecule has 1 heterocycles. The number of anilines is 1. The second kappa shape index (κ2) is 5.33.